The number of pyridine rings is 1. The van der Waals surface area contributed by atoms with Gasteiger partial charge in [0.15, 0.2) is 5.13 Å². The first-order valence-electron chi connectivity index (χ1n) is 6.01. The number of aryl methyl sites for hydroxylation is 1. The van der Waals surface area contributed by atoms with Crippen LogP contribution in [0.25, 0.3) is 11.3 Å². The van der Waals surface area contributed by atoms with E-state index < -0.39 is 0 Å². The summed E-state index contributed by atoms with van der Waals surface area (Å²) in [4.78, 5) is 8.75. The van der Waals surface area contributed by atoms with Gasteiger partial charge in [-0.3, -0.25) is 4.68 Å². The lowest BCUT2D eigenvalue weighted by atomic mass is 10.3. The molecule has 3 aromatic heterocycles. The molecule has 0 aliphatic carbocycles. The molecule has 5 nitrogen and oxygen atoms in total. The number of hydrogen-bond acceptors (Lipinski definition) is 5. The molecule has 0 unspecified atom stereocenters. The second kappa shape index (κ2) is 5.19. The maximum atomic E-state index is 4.54. The highest BCUT2D eigenvalue weighted by atomic mass is 32.1. The first-order valence-corrected chi connectivity index (χ1v) is 6.89. The lowest BCUT2D eigenvalue weighted by Gasteiger charge is -1.99. The van der Waals surface area contributed by atoms with Crippen LogP contribution in [0.2, 0.25) is 0 Å². The van der Waals surface area contributed by atoms with Gasteiger partial charge in [-0.25, -0.2) is 9.97 Å². The highest BCUT2D eigenvalue weighted by molar-refractivity contribution is 7.14. The van der Waals surface area contributed by atoms with Crippen molar-refractivity contribution in [2.75, 3.05) is 5.32 Å². The Hall–Kier alpha value is -2.21. The Balaban J connectivity index is 1.79. The number of rotatable bonds is 4. The van der Waals surface area contributed by atoms with Crippen molar-refractivity contribution in [1.29, 1.82) is 0 Å². The third-order valence-electron chi connectivity index (χ3n) is 2.66. The fourth-order valence-corrected chi connectivity index (χ4v) is 2.41. The second-order valence-electron chi connectivity index (χ2n) is 3.96. The summed E-state index contributed by atoms with van der Waals surface area (Å²) < 4.78 is 1.89. The number of hydrogen-bond donors (Lipinski definition) is 1. The molecule has 0 saturated carbocycles. The lowest BCUT2D eigenvalue weighted by molar-refractivity contribution is 0.660. The molecule has 3 aromatic rings. The third-order valence-corrected chi connectivity index (χ3v) is 3.41. The standard InChI is InChI=1S/C13H13N5S/c1-2-18-8-10(7-15-18)11-9-19-13(16-11)17-12-5-3-4-6-14-12/h3-9H,2H2,1H3,(H,14,16,17). The Labute approximate surface area is 115 Å². The van der Waals surface area contributed by atoms with E-state index in [9.17, 15) is 0 Å². The van der Waals surface area contributed by atoms with Crippen LogP contribution in [0.1, 0.15) is 6.92 Å². The van der Waals surface area contributed by atoms with Crippen molar-refractivity contribution in [1.82, 2.24) is 19.7 Å². The van der Waals surface area contributed by atoms with Crippen molar-refractivity contribution < 1.29 is 0 Å². The monoisotopic (exact) mass is 271 g/mol. The van der Waals surface area contributed by atoms with Crippen molar-refractivity contribution >= 4 is 22.3 Å². The molecule has 96 valence electrons. The van der Waals surface area contributed by atoms with Gasteiger partial charge in [0.1, 0.15) is 5.82 Å². The summed E-state index contributed by atoms with van der Waals surface area (Å²) in [7, 11) is 0. The molecule has 0 aliphatic rings. The van der Waals surface area contributed by atoms with E-state index >= 15 is 0 Å². The van der Waals surface area contributed by atoms with Crippen LogP contribution < -0.4 is 5.32 Å². The predicted molar refractivity (Wildman–Crippen MR) is 76.5 cm³/mol. The van der Waals surface area contributed by atoms with Gasteiger partial charge in [0.25, 0.3) is 0 Å². The normalized spacial score (nSPS) is 10.6. The second-order valence-corrected chi connectivity index (χ2v) is 4.82. The smallest absolute Gasteiger partial charge is 0.188 e. The molecule has 0 spiro atoms. The first-order chi connectivity index (χ1) is 9.35. The fraction of sp³-hybridized carbons (Fsp3) is 0.154. The minimum atomic E-state index is 0.799. The molecule has 6 heteroatoms. The zero-order valence-corrected chi connectivity index (χ0v) is 11.3. The molecular weight excluding hydrogens is 258 g/mol. The fourth-order valence-electron chi connectivity index (χ4n) is 1.68. The minimum absolute atomic E-state index is 0.799. The van der Waals surface area contributed by atoms with Crippen LogP contribution in [0, 0.1) is 0 Å². The highest BCUT2D eigenvalue weighted by Gasteiger charge is 2.07. The molecule has 0 amide bonds. The van der Waals surface area contributed by atoms with Gasteiger partial charge in [-0.15, -0.1) is 11.3 Å². The van der Waals surface area contributed by atoms with Gasteiger partial charge < -0.3 is 5.32 Å². The Morgan fingerprint density at radius 1 is 1.37 bits per heavy atom. The maximum Gasteiger partial charge on any atom is 0.188 e. The molecule has 0 radical (unpaired) electrons. The zero-order chi connectivity index (χ0) is 13.1. The topological polar surface area (TPSA) is 55.6 Å². The van der Waals surface area contributed by atoms with Crippen LogP contribution in [-0.4, -0.2) is 19.7 Å². The van der Waals surface area contributed by atoms with Crippen molar-refractivity contribution in [3.05, 3.63) is 42.2 Å². The average molecular weight is 271 g/mol. The molecule has 3 heterocycles. The predicted octanol–water partition coefficient (Wildman–Crippen LogP) is 3.17. The Morgan fingerprint density at radius 2 is 2.32 bits per heavy atom. The van der Waals surface area contributed by atoms with Crippen molar-refractivity contribution in [3.8, 4) is 11.3 Å². The molecule has 0 aliphatic heterocycles. The first kappa shape index (κ1) is 11.9. The van der Waals surface area contributed by atoms with Crippen molar-refractivity contribution in [2.45, 2.75) is 13.5 Å². The third kappa shape index (κ3) is 2.63. The van der Waals surface area contributed by atoms with Gasteiger partial charge in [-0.1, -0.05) is 6.07 Å². The van der Waals surface area contributed by atoms with E-state index in [-0.39, 0.29) is 0 Å². The molecule has 0 aromatic carbocycles. The summed E-state index contributed by atoms with van der Waals surface area (Å²) >= 11 is 1.56. The van der Waals surface area contributed by atoms with Crippen molar-refractivity contribution in [2.24, 2.45) is 0 Å². The van der Waals surface area contributed by atoms with Gasteiger partial charge >= 0.3 is 0 Å². The minimum Gasteiger partial charge on any atom is -0.316 e. The van der Waals surface area contributed by atoms with Crippen LogP contribution >= 0.6 is 11.3 Å². The van der Waals surface area contributed by atoms with Gasteiger partial charge in [0.2, 0.25) is 0 Å². The molecule has 0 atom stereocenters. The Bertz CT molecular complexity index is 658. The largest absolute Gasteiger partial charge is 0.316 e. The van der Waals surface area contributed by atoms with Crippen LogP contribution in [0.3, 0.4) is 0 Å². The van der Waals surface area contributed by atoms with E-state index in [2.05, 4.69) is 27.3 Å². The highest BCUT2D eigenvalue weighted by Crippen LogP contribution is 2.26. The van der Waals surface area contributed by atoms with Crippen LogP contribution in [-0.2, 0) is 6.54 Å². The molecule has 0 bridgehead atoms. The summed E-state index contributed by atoms with van der Waals surface area (Å²) in [5.74, 6) is 0.799. The van der Waals surface area contributed by atoms with E-state index in [1.807, 2.05) is 40.7 Å². The van der Waals surface area contributed by atoms with Gasteiger partial charge in [0.05, 0.1) is 11.9 Å². The number of nitrogens with one attached hydrogen (secondary N) is 1. The Kier molecular flexibility index (Phi) is 3.24. The molecule has 3 rings (SSSR count). The van der Waals surface area contributed by atoms with Gasteiger partial charge in [-0.05, 0) is 19.1 Å². The summed E-state index contributed by atoms with van der Waals surface area (Å²) in [5, 5.41) is 10.3. The number of thiazole rings is 1. The van der Waals surface area contributed by atoms with E-state index in [0.717, 1.165) is 28.8 Å². The summed E-state index contributed by atoms with van der Waals surface area (Å²) in [6.45, 7) is 2.93. The summed E-state index contributed by atoms with van der Waals surface area (Å²) in [6.07, 6.45) is 5.59. The van der Waals surface area contributed by atoms with Crippen LogP contribution in [0.15, 0.2) is 42.2 Å². The van der Waals surface area contributed by atoms with Gasteiger partial charge in [-0.2, -0.15) is 5.10 Å². The number of anilines is 2. The summed E-state index contributed by atoms with van der Waals surface area (Å²) in [6, 6.07) is 5.74. The molecule has 0 fully saturated rings. The van der Waals surface area contributed by atoms with E-state index in [0.29, 0.717) is 0 Å². The average Bonchev–Trinajstić information content (AvgIpc) is 3.08. The summed E-state index contributed by atoms with van der Waals surface area (Å²) in [5.41, 5.74) is 1.97. The zero-order valence-electron chi connectivity index (χ0n) is 10.4. The molecule has 19 heavy (non-hydrogen) atoms. The van der Waals surface area contributed by atoms with Crippen LogP contribution in [0.4, 0.5) is 10.9 Å². The van der Waals surface area contributed by atoms with E-state index in [4.69, 9.17) is 0 Å². The molecule has 1 N–H and O–H groups in total. The van der Waals surface area contributed by atoms with Crippen molar-refractivity contribution in [3.63, 3.8) is 0 Å². The van der Waals surface area contributed by atoms with Gasteiger partial charge in [0, 0.05) is 29.9 Å². The maximum absolute atomic E-state index is 4.54. The number of nitrogens with zero attached hydrogens (tertiary/aromatic N) is 4. The lowest BCUT2D eigenvalue weighted by Crippen LogP contribution is -1.92. The number of aromatic nitrogens is 4. The quantitative estimate of drug-likeness (QED) is 0.792. The van der Waals surface area contributed by atoms with Crippen LogP contribution in [0.5, 0.6) is 0 Å². The van der Waals surface area contributed by atoms with E-state index in [1.165, 1.54) is 0 Å². The molecular formula is C13H13N5S. The molecule has 0 saturated heterocycles. The SMILES string of the molecule is CCn1cc(-c2csc(Nc3ccccn3)n2)cn1. The Morgan fingerprint density at radius 3 is 3.05 bits per heavy atom. The van der Waals surface area contributed by atoms with E-state index in [1.54, 1.807) is 17.5 Å².